The quantitative estimate of drug-likeness (QED) is 0.806. The third-order valence-corrected chi connectivity index (χ3v) is 3.16. The van der Waals surface area contributed by atoms with E-state index in [1.807, 2.05) is 18.9 Å². The van der Waals surface area contributed by atoms with Crippen molar-refractivity contribution in [2.75, 3.05) is 18.5 Å². The first kappa shape index (κ1) is 13.4. The highest BCUT2D eigenvalue weighted by Gasteiger charge is 2.19. The van der Waals surface area contributed by atoms with Gasteiger partial charge in [0, 0.05) is 19.0 Å². The Morgan fingerprint density at radius 1 is 1.82 bits per heavy atom. The van der Waals surface area contributed by atoms with Gasteiger partial charge < -0.3 is 15.7 Å². The summed E-state index contributed by atoms with van der Waals surface area (Å²) >= 11 is 1.32. The van der Waals surface area contributed by atoms with Gasteiger partial charge in [0.1, 0.15) is 6.04 Å². The van der Waals surface area contributed by atoms with Crippen LogP contribution in [-0.4, -0.2) is 29.7 Å². The maximum Gasteiger partial charge on any atom is 0.326 e. The van der Waals surface area contributed by atoms with Gasteiger partial charge in [-0.15, -0.1) is 11.3 Å². The van der Waals surface area contributed by atoms with Gasteiger partial charge >= 0.3 is 5.97 Å². The molecule has 0 saturated carbocycles. The normalized spacial score (nSPS) is 13.8. The van der Waals surface area contributed by atoms with Crippen LogP contribution in [0.25, 0.3) is 0 Å². The average Bonchev–Trinajstić information content (AvgIpc) is 2.76. The predicted molar refractivity (Wildman–Crippen MR) is 64.7 cm³/mol. The fourth-order valence-corrected chi connectivity index (χ4v) is 2.09. The molecule has 0 bridgehead atoms. The number of thiazole rings is 1. The summed E-state index contributed by atoms with van der Waals surface area (Å²) < 4.78 is 0. The molecule has 17 heavy (non-hydrogen) atoms. The number of carboxylic acid groups (broad SMARTS) is 1. The van der Waals surface area contributed by atoms with Crippen molar-refractivity contribution in [3.8, 4) is 6.07 Å². The molecule has 1 aromatic rings. The second-order valence-electron chi connectivity index (χ2n) is 3.78. The summed E-state index contributed by atoms with van der Waals surface area (Å²) in [5.41, 5.74) is 5.79. The molecule has 0 fully saturated rings. The molecule has 92 valence electrons. The lowest BCUT2D eigenvalue weighted by molar-refractivity contribution is -0.138. The molecule has 0 aliphatic rings. The Morgan fingerprint density at radius 2 is 2.47 bits per heavy atom. The highest BCUT2D eigenvalue weighted by Crippen LogP contribution is 2.23. The van der Waals surface area contributed by atoms with E-state index in [0.29, 0.717) is 17.4 Å². The van der Waals surface area contributed by atoms with Crippen LogP contribution in [0.3, 0.4) is 0 Å². The van der Waals surface area contributed by atoms with Crippen LogP contribution >= 0.6 is 11.3 Å². The molecule has 0 spiro atoms. The van der Waals surface area contributed by atoms with Crippen molar-refractivity contribution in [3.63, 3.8) is 0 Å². The zero-order chi connectivity index (χ0) is 13.0. The largest absolute Gasteiger partial charge is 0.480 e. The molecular weight excluding hydrogens is 240 g/mol. The van der Waals surface area contributed by atoms with Crippen LogP contribution in [0.2, 0.25) is 0 Å². The van der Waals surface area contributed by atoms with Crippen LogP contribution in [-0.2, 0) is 4.79 Å². The van der Waals surface area contributed by atoms with Crippen molar-refractivity contribution in [1.82, 2.24) is 4.98 Å². The minimum Gasteiger partial charge on any atom is -0.480 e. The fourth-order valence-electron chi connectivity index (χ4n) is 1.25. The van der Waals surface area contributed by atoms with Gasteiger partial charge in [-0.2, -0.15) is 5.26 Å². The number of nitriles is 1. The molecule has 7 heteroatoms. The monoisotopic (exact) mass is 254 g/mol. The molecule has 2 unspecified atom stereocenters. The summed E-state index contributed by atoms with van der Waals surface area (Å²) in [5.74, 6) is -1.21. The Labute approximate surface area is 103 Å². The van der Waals surface area contributed by atoms with Gasteiger partial charge in [-0.1, -0.05) is 0 Å². The lowest BCUT2D eigenvalue weighted by Crippen LogP contribution is -2.24. The Balaban J connectivity index is 2.74. The molecule has 0 amide bonds. The number of nitrogens with zero attached hydrogens (tertiary/aromatic N) is 3. The zero-order valence-corrected chi connectivity index (χ0v) is 10.4. The van der Waals surface area contributed by atoms with Crippen molar-refractivity contribution in [2.45, 2.75) is 13.0 Å². The molecule has 0 saturated heterocycles. The van der Waals surface area contributed by atoms with Crippen molar-refractivity contribution < 1.29 is 9.90 Å². The molecule has 0 aliphatic heterocycles. The SMILES string of the molecule is CC(C#N)CN(C)c1nc(C(N)C(=O)O)cs1. The Bertz CT molecular complexity index is 440. The highest BCUT2D eigenvalue weighted by molar-refractivity contribution is 7.13. The number of anilines is 1. The number of rotatable bonds is 5. The number of hydrogen-bond acceptors (Lipinski definition) is 6. The summed E-state index contributed by atoms with van der Waals surface area (Å²) in [6, 6.07) is 1.03. The van der Waals surface area contributed by atoms with Gasteiger partial charge in [-0.25, -0.2) is 4.98 Å². The van der Waals surface area contributed by atoms with E-state index in [1.165, 1.54) is 11.3 Å². The van der Waals surface area contributed by atoms with E-state index in [0.717, 1.165) is 0 Å². The van der Waals surface area contributed by atoms with Crippen LogP contribution in [0.1, 0.15) is 18.7 Å². The molecule has 1 heterocycles. The summed E-state index contributed by atoms with van der Waals surface area (Å²) in [6.45, 7) is 2.36. The lowest BCUT2D eigenvalue weighted by atomic mass is 10.2. The van der Waals surface area contributed by atoms with E-state index < -0.39 is 12.0 Å². The second kappa shape index (κ2) is 5.61. The minimum absolute atomic E-state index is 0.111. The van der Waals surface area contributed by atoms with Crippen LogP contribution < -0.4 is 10.6 Å². The number of hydrogen-bond donors (Lipinski definition) is 2. The first-order valence-electron chi connectivity index (χ1n) is 5.00. The van der Waals surface area contributed by atoms with Gasteiger partial charge in [-0.05, 0) is 6.92 Å². The maximum absolute atomic E-state index is 10.7. The summed E-state index contributed by atoms with van der Waals surface area (Å²) in [4.78, 5) is 16.6. The average molecular weight is 254 g/mol. The van der Waals surface area contributed by atoms with Crippen LogP contribution in [0.15, 0.2) is 5.38 Å². The minimum atomic E-state index is -1.10. The van der Waals surface area contributed by atoms with Gasteiger partial charge in [-0.3, -0.25) is 4.79 Å². The lowest BCUT2D eigenvalue weighted by Gasteiger charge is -2.16. The van der Waals surface area contributed by atoms with Gasteiger partial charge in [0.25, 0.3) is 0 Å². The maximum atomic E-state index is 10.7. The third kappa shape index (κ3) is 3.41. The molecule has 6 nitrogen and oxygen atoms in total. The summed E-state index contributed by atoms with van der Waals surface area (Å²) in [6.07, 6.45) is 0. The molecule has 1 aromatic heterocycles. The number of carbonyl (C=O) groups is 1. The van der Waals surface area contributed by atoms with Gasteiger partial charge in [0.05, 0.1) is 17.7 Å². The van der Waals surface area contributed by atoms with Crippen molar-refractivity contribution in [1.29, 1.82) is 5.26 Å². The van der Waals surface area contributed by atoms with Gasteiger partial charge in [0.2, 0.25) is 0 Å². The van der Waals surface area contributed by atoms with Crippen LogP contribution in [0.5, 0.6) is 0 Å². The molecule has 3 N–H and O–H groups in total. The number of nitrogens with two attached hydrogens (primary N) is 1. The third-order valence-electron chi connectivity index (χ3n) is 2.19. The first-order chi connectivity index (χ1) is 7.95. The highest BCUT2D eigenvalue weighted by atomic mass is 32.1. The van der Waals surface area contributed by atoms with Crippen molar-refractivity contribution in [2.24, 2.45) is 11.7 Å². The van der Waals surface area contributed by atoms with E-state index in [-0.39, 0.29) is 5.92 Å². The summed E-state index contributed by atoms with van der Waals surface area (Å²) in [7, 11) is 1.81. The van der Waals surface area contributed by atoms with E-state index in [9.17, 15) is 4.79 Å². The van der Waals surface area contributed by atoms with E-state index in [1.54, 1.807) is 5.38 Å². The fraction of sp³-hybridized carbons (Fsp3) is 0.500. The van der Waals surface area contributed by atoms with E-state index in [4.69, 9.17) is 16.1 Å². The number of carboxylic acids is 1. The van der Waals surface area contributed by atoms with Crippen LogP contribution in [0.4, 0.5) is 5.13 Å². The smallest absolute Gasteiger partial charge is 0.326 e. The van der Waals surface area contributed by atoms with Crippen molar-refractivity contribution >= 4 is 22.4 Å². The number of aromatic nitrogens is 1. The zero-order valence-electron chi connectivity index (χ0n) is 9.62. The molecule has 2 atom stereocenters. The number of aliphatic carboxylic acids is 1. The van der Waals surface area contributed by atoms with Crippen LogP contribution in [0, 0.1) is 17.2 Å². The first-order valence-corrected chi connectivity index (χ1v) is 5.88. The summed E-state index contributed by atoms with van der Waals surface area (Å²) in [5, 5.41) is 19.7. The molecular formula is C10H14N4O2S. The van der Waals surface area contributed by atoms with E-state index in [2.05, 4.69) is 11.1 Å². The predicted octanol–water partition coefficient (Wildman–Crippen LogP) is 0.823. The Kier molecular flexibility index (Phi) is 4.43. The molecule has 1 rings (SSSR count). The Hall–Kier alpha value is -1.65. The van der Waals surface area contributed by atoms with Gasteiger partial charge in [0.15, 0.2) is 5.13 Å². The topological polar surface area (TPSA) is 103 Å². The molecule has 0 radical (unpaired) electrons. The standard InChI is InChI=1S/C10H14N4O2S/c1-6(3-11)4-14(2)10-13-7(5-17-10)8(12)9(15)16/h5-6,8H,4,12H2,1-2H3,(H,15,16). The second-order valence-corrected chi connectivity index (χ2v) is 4.62. The Morgan fingerprint density at radius 3 is 3.00 bits per heavy atom. The van der Waals surface area contributed by atoms with Crippen molar-refractivity contribution in [3.05, 3.63) is 11.1 Å². The molecule has 0 aromatic carbocycles. The van der Waals surface area contributed by atoms with E-state index >= 15 is 0 Å². The molecule has 0 aliphatic carbocycles.